The van der Waals surface area contributed by atoms with E-state index in [9.17, 15) is 0 Å². The van der Waals surface area contributed by atoms with Gasteiger partial charge in [0.05, 0.1) is 5.71 Å². The molecule has 0 bridgehead atoms. The lowest BCUT2D eigenvalue weighted by Gasteiger charge is -2.17. The molecule has 1 saturated carbocycles. The van der Waals surface area contributed by atoms with Crippen LogP contribution in [0.5, 0.6) is 0 Å². The molecule has 0 radical (unpaired) electrons. The normalized spacial score (nSPS) is 18.3. The van der Waals surface area contributed by atoms with Gasteiger partial charge in [-0.25, -0.2) is 15.4 Å². The van der Waals surface area contributed by atoms with Gasteiger partial charge in [-0.3, -0.25) is 0 Å². The highest BCUT2D eigenvalue weighted by molar-refractivity contribution is 6.04. The third kappa shape index (κ3) is 4.25. The van der Waals surface area contributed by atoms with Crippen molar-refractivity contribution in [1.29, 1.82) is 0 Å². The number of hydrogen-bond acceptors (Lipinski definition) is 4. The van der Waals surface area contributed by atoms with E-state index in [4.69, 9.17) is 0 Å². The van der Waals surface area contributed by atoms with Gasteiger partial charge >= 0.3 is 0 Å². The minimum atomic E-state index is 0.569. The molecule has 3 rings (SSSR count). The lowest BCUT2D eigenvalue weighted by atomic mass is 9.91. The van der Waals surface area contributed by atoms with E-state index >= 15 is 0 Å². The quantitative estimate of drug-likeness (QED) is 0.848. The summed E-state index contributed by atoms with van der Waals surface area (Å²) in [6, 6.07) is 12.4. The number of aryl methyl sites for hydroxylation is 2. The Bertz CT molecular complexity index is 712. The Kier molecular flexibility index (Phi) is 4.81. The molecule has 118 valence electrons. The summed E-state index contributed by atoms with van der Waals surface area (Å²) in [6.45, 7) is 3.93. The fourth-order valence-corrected chi connectivity index (χ4v) is 2.84. The first-order chi connectivity index (χ1) is 11.2. The second kappa shape index (κ2) is 7.18. The fraction of sp³-hybridized carbons (Fsp3) is 0.316. The van der Waals surface area contributed by atoms with Crippen molar-refractivity contribution in [3.8, 4) is 0 Å². The Morgan fingerprint density at radius 2 is 1.70 bits per heavy atom. The molecule has 1 aromatic heterocycles. The number of benzene rings is 1. The van der Waals surface area contributed by atoms with Gasteiger partial charge in [0, 0.05) is 11.4 Å². The van der Waals surface area contributed by atoms with E-state index in [0.717, 1.165) is 29.9 Å². The summed E-state index contributed by atoms with van der Waals surface area (Å²) in [6.07, 6.45) is 6.71. The lowest BCUT2D eigenvalue weighted by Crippen LogP contribution is -2.12. The average molecular weight is 306 g/mol. The fourth-order valence-electron chi connectivity index (χ4n) is 2.84. The molecule has 0 unspecified atom stereocenters. The summed E-state index contributed by atoms with van der Waals surface area (Å²) < 4.78 is 0. The SMILES string of the molecule is Cc1cc(C)nc(N/N=C2\CCCC\C2=C/c2ccccc2)n1. The Balaban J connectivity index is 1.82. The molecule has 0 aliphatic heterocycles. The maximum Gasteiger partial charge on any atom is 0.243 e. The topological polar surface area (TPSA) is 50.2 Å². The first kappa shape index (κ1) is 15.4. The van der Waals surface area contributed by atoms with Crippen molar-refractivity contribution in [3.63, 3.8) is 0 Å². The number of allylic oxidation sites excluding steroid dienone is 1. The molecule has 1 aliphatic rings. The van der Waals surface area contributed by atoms with Crippen LogP contribution >= 0.6 is 0 Å². The molecule has 0 amide bonds. The van der Waals surface area contributed by atoms with Crippen molar-refractivity contribution in [3.05, 3.63) is 58.9 Å². The molecule has 4 nitrogen and oxygen atoms in total. The molecule has 1 fully saturated rings. The van der Waals surface area contributed by atoms with Crippen molar-refractivity contribution in [2.24, 2.45) is 5.10 Å². The molecule has 4 heteroatoms. The van der Waals surface area contributed by atoms with Gasteiger partial charge in [0.2, 0.25) is 5.95 Å². The molecular formula is C19H22N4. The van der Waals surface area contributed by atoms with E-state index in [1.165, 1.54) is 24.0 Å². The zero-order valence-corrected chi connectivity index (χ0v) is 13.7. The van der Waals surface area contributed by atoms with Gasteiger partial charge in [-0.1, -0.05) is 30.3 Å². The van der Waals surface area contributed by atoms with Crippen molar-refractivity contribution in [2.75, 3.05) is 5.43 Å². The zero-order chi connectivity index (χ0) is 16.1. The van der Waals surface area contributed by atoms with Crippen LogP contribution in [0.15, 0.2) is 47.1 Å². The molecule has 23 heavy (non-hydrogen) atoms. The van der Waals surface area contributed by atoms with E-state index in [0.29, 0.717) is 5.95 Å². The minimum absolute atomic E-state index is 0.569. The first-order valence-corrected chi connectivity index (χ1v) is 8.11. The lowest BCUT2D eigenvalue weighted by molar-refractivity contribution is 0.734. The number of hydrogen-bond donors (Lipinski definition) is 1. The number of rotatable bonds is 3. The van der Waals surface area contributed by atoms with Crippen molar-refractivity contribution < 1.29 is 0 Å². The summed E-state index contributed by atoms with van der Waals surface area (Å²) >= 11 is 0. The summed E-state index contributed by atoms with van der Waals surface area (Å²) in [5.41, 5.74) is 8.57. The van der Waals surface area contributed by atoms with Crippen molar-refractivity contribution in [2.45, 2.75) is 39.5 Å². The highest BCUT2D eigenvalue weighted by atomic mass is 15.4. The van der Waals surface area contributed by atoms with Crippen LogP contribution in [-0.2, 0) is 0 Å². The average Bonchev–Trinajstić information content (AvgIpc) is 2.54. The summed E-state index contributed by atoms with van der Waals surface area (Å²) in [7, 11) is 0. The molecule has 1 aromatic carbocycles. The number of anilines is 1. The van der Waals surface area contributed by atoms with Crippen LogP contribution in [0.1, 0.15) is 42.6 Å². The predicted molar refractivity (Wildman–Crippen MR) is 95.5 cm³/mol. The van der Waals surface area contributed by atoms with Gasteiger partial charge in [0.1, 0.15) is 0 Å². The van der Waals surface area contributed by atoms with E-state index in [2.05, 4.69) is 50.8 Å². The molecule has 0 spiro atoms. The Labute approximate surface area is 137 Å². The van der Waals surface area contributed by atoms with E-state index < -0.39 is 0 Å². The van der Waals surface area contributed by atoms with Crippen molar-refractivity contribution in [1.82, 2.24) is 9.97 Å². The molecule has 1 heterocycles. The number of nitrogens with one attached hydrogen (secondary N) is 1. The van der Waals surface area contributed by atoms with Crippen LogP contribution in [0.4, 0.5) is 5.95 Å². The first-order valence-electron chi connectivity index (χ1n) is 8.11. The Morgan fingerprint density at radius 3 is 2.43 bits per heavy atom. The Hall–Kier alpha value is -2.49. The third-order valence-electron chi connectivity index (χ3n) is 3.89. The molecule has 1 N–H and O–H groups in total. The second-order valence-electron chi connectivity index (χ2n) is 5.93. The van der Waals surface area contributed by atoms with Crippen LogP contribution in [0.25, 0.3) is 6.08 Å². The van der Waals surface area contributed by atoms with E-state index in [-0.39, 0.29) is 0 Å². The monoisotopic (exact) mass is 306 g/mol. The smallest absolute Gasteiger partial charge is 0.243 e. The van der Waals surface area contributed by atoms with Crippen LogP contribution < -0.4 is 5.43 Å². The van der Waals surface area contributed by atoms with Gasteiger partial charge in [-0.05, 0) is 62.8 Å². The van der Waals surface area contributed by atoms with Crippen molar-refractivity contribution >= 4 is 17.7 Å². The minimum Gasteiger partial charge on any atom is -0.245 e. The molecule has 0 saturated heterocycles. The summed E-state index contributed by atoms with van der Waals surface area (Å²) in [5, 5.41) is 4.59. The number of nitrogens with zero attached hydrogens (tertiary/aromatic N) is 3. The predicted octanol–water partition coefficient (Wildman–Crippen LogP) is 4.52. The second-order valence-corrected chi connectivity index (χ2v) is 5.93. The molecule has 1 aliphatic carbocycles. The van der Waals surface area contributed by atoms with Crippen LogP contribution in [0.3, 0.4) is 0 Å². The van der Waals surface area contributed by atoms with Gasteiger partial charge in [-0.15, -0.1) is 0 Å². The molecule has 2 aromatic rings. The van der Waals surface area contributed by atoms with Crippen LogP contribution in [-0.4, -0.2) is 15.7 Å². The summed E-state index contributed by atoms with van der Waals surface area (Å²) in [5.74, 6) is 0.569. The Morgan fingerprint density at radius 1 is 1.00 bits per heavy atom. The maximum atomic E-state index is 4.59. The number of hydrazone groups is 1. The highest BCUT2D eigenvalue weighted by Gasteiger charge is 2.13. The van der Waals surface area contributed by atoms with E-state index in [1.54, 1.807) is 0 Å². The number of aromatic nitrogens is 2. The van der Waals surface area contributed by atoms with Gasteiger partial charge in [-0.2, -0.15) is 5.10 Å². The van der Waals surface area contributed by atoms with Crippen LogP contribution in [0, 0.1) is 13.8 Å². The zero-order valence-electron chi connectivity index (χ0n) is 13.7. The largest absolute Gasteiger partial charge is 0.245 e. The standard InChI is InChI=1S/C19H22N4/c1-14-12-15(2)21-19(20-14)23-22-18-11-7-6-10-17(18)13-16-8-4-3-5-9-16/h3-5,8-9,12-13H,6-7,10-11H2,1-2H3,(H,20,21,23)/b17-13+,22-18+. The van der Waals surface area contributed by atoms with Crippen LogP contribution in [0.2, 0.25) is 0 Å². The molecule has 0 atom stereocenters. The third-order valence-corrected chi connectivity index (χ3v) is 3.89. The van der Waals surface area contributed by atoms with Gasteiger partial charge in [0.15, 0.2) is 0 Å². The van der Waals surface area contributed by atoms with E-state index in [1.807, 2.05) is 26.0 Å². The van der Waals surface area contributed by atoms with Gasteiger partial charge < -0.3 is 0 Å². The summed E-state index contributed by atoms with van der Waals surface area (Å²) in [4.78, 5) is 8.76. The maximum absolute atomic E-state index is 4.59. The van der Waals surface area contributed by atoms with Gasteiger partial charge in [0.25, 0.3) is 0 Å². The molecular weight excluding hydrogens is 284 g/mol. The highest BCUT2D eigenvalue weighted by Crippen LogP contribution is 2.23.